The van der Waals surface area contributed by atoms with Gasteiger partial charge in [0.1, 0.15) is 0 Å². The molecule has 0 radical (unpaired) electrons. The number of amides is 1. The average Bonchev–Trinajstić information content (AvgIpc) is 2.28. The molecule has 94 valence electrons. The number of hydrogen-bond donors (Lipinski definition) is 2. The summed E-state index contributed by atoms with van der Waals surface area (Å²) in [5.41, 5.74) is 0.798. The van der Waals surface area contributed by atoms with E-state index in [-0.39, 0.29) is 18.5 Å². The Kier molecular flexibility index (Phi) is 5.26. The van der Waals surface area contributed by atoms with Crippen LogP contribution in [0.15, 0.2) is 18.3 Å². The van der Waals surface area contributed by atoms with E-state index in [9.17, 15) is 4.79 Å². The first kappa shape index (κ1) is 13.3. The van der Waals surface area contributed by atoms with E-state index in [1.165, 1.54) is 0 Å². The van der Waals surface area contributed by atoms with Crippen molar-refractivity contribution < 1.29 is 9.53 Å². The fourth-order valence-corrected chi connectivity index (χ4v) is 1.27. The number of nitrogens with zero attached hydrogens (tertiary/aromatic N) is 1. The number of aromatic nitrogens is 1. The molecule has 0 aliphatic rings. The predicted octanol–water partition coefficient (Wildman–Crippen LogP) is 1.42. The number of carbonyl (C=O) groups excluding carboxylic acids is 1. The van der Waals surface area contributed by atoms with Crippen LogP contribution in [-0.2, 0) is 4.79 Å². The lowest BCUT2D eigenvalue weighted by Gasteiger charge is -2.10. The van der Waals surface area contributed by atoms with Gasteiger partial charge in [0.25, 0.3) is 0 Å². The quantitative estimate of drug-likeness (QED) is 0.785. The monoisotopic (exact) mass is 237 g/mol. The van der Waals surface area contributed by atoms with E-state index in [0.717, 1.165) is 5.69 Å². The molecule has 0 aliphatic carbocycles. The van der Waals surface area contributed by atoms with Gasteiger partial charge in [-0.2, -0.15) is 0 Å². The van der Waals surface area contributed by atoms with Crippen molar-refractivity contribution in [1.29, 1.82) is 0 Å². The molecule has 1 rings (SSSR count). The van der Waals surface area contributed by atoms with Crippen molar-refractivity contribution in [3.8, 4) is 5.88 Å². The smallest absolute Gasteiger partial charge is 0.239 e. The molecule has 1 heterocycles. The van der Waals surface area contributed by atoms with Crippen LogP contribution in [0.2, 0.25) is 0 Å². The molecular weight excluding hydrogens is 218 g/mol. The number of hydrogen-bond acceptors (Lipinski definition) is 4. The molecule has 0 aliphatic heterocycles. The number of carbonyl (C=O) groups is 1. The van der Waals surface area contributed by atoms with E-state index in [2.05, 4.69) is 15.6 Å². The van der Waals surface area contributed by atoms with Gasteiger partial charge in [-0.1, -0.05) is 0 Å². The lowest BCUT2D eigenvalue weighted by molar-refractivity contribution is -0.119. The van der Waals surface area contributed by atoms with Crippen molar-refractivity contribution in [3.05, 3.63) is 18.3 Å². The minimum Gasteiger partial charge on any atom is -0.478 e. The Morgan fingerprint density at radius 1 is 1.47 bits per heavy atom. The third kappa shape index (κ3) is 5.19. The summed E-state index contributed by atoms with van der Waals surface area (Å²) in [6, 6.07) is 3.76. The zero-order valence-corrected chi connectivity index (χ0v) is 10.5. The van der Waals surface area contributed by atoms with Crippen LogP contribution in [-0.4, -0.2) is 30.1 Å². The summed E-state index contributed by atoms with van der Waals surface area (Å²) in [5, 5.41) is 5.79. The predicted molar refractivity (Wildman–Crippen MR) is 67.2 cm³/mol. The third-order valence-corrected chi connectivity index (χ3v) is 1.93. The summed E-state index contributed by atoms with van der Waals surface area (Å²) < 4.78 is 5.22. The summed E-state index contributed by atoms with van der Waals surface area (Å²) in [5.74, 6) is 0.554. The number of nitrogens with one attached hydrogen (secondary N) is 2. The Hall–Kier alpha value is -1.78. The number of ether oxygens (including phenoxy) is 1. The Labute approximate surface area is 102 Å². The average molecular weight is 237 g/mol. The topological polar surface area (TPSA) is 63.2 Å². The first-order valence-electron chi connectivity index (χ1n) is 5.74. The van der Waals surface area contributed by atoms with E-state index in [0.29, 0.717) is 12.5 Å². The van der Waals surface area contributed by atoms with Crippen LogP contribution < -0.4 is 15.4 Å². The molecule has 0 bridgehead atoms. The van der Waals surface area contributed by atoms with Gasteiger partial charge in [0.2, 0.25) is 11.8 Å². The summed E-state index contributed by atoms with van der Waals surface area (Å²) >= 11 is 0. The Morgan fingerprint density at radius 2 is 2.24 bits per heavy atom. The molecule has 0 saturated carbocycles. The van der Waals surface area contributed by atoms with Gasteiger partial charge in [0.15, 0.2) is 0 Å². The van der Waals surface area contributed by atoms with Gasteiger partial charge < -0.3 is 15.4 Å². The fourth-order valence-electron chi connectivity index (χ4n) is 1.27. The van der Waals surface area contributed by atoms with E-state index < -0.39 is 0 Å². The van der Waals surface area contributed by atoms with Crippen molar-refractivity contribution in [1.82, 2.24) is 10.3 Å². The summed E-state index contributed by atoms with van der Waals surface area (Å²) in [7, 11) is 0. The maximum Gasteiger partial charge on any atom is 0.239 e. The maximum absolute atomic E-state index is 11.4. The molecule has 2 N–H and O–H groups in total. The van der Waals surface area contributed by atoms with Gasteiger partial charge in [-0.05, 0) is 26.8 Å². The Balaban J connectivity index is 2.39. The minimum atomic E-state index is -0.0334. The summed E-state index contributed by atoms with van der Waals surface area (Å²) in [4.78, 5) is 15.5. The van der Waals surface area contributed by atoms with Crippen molar-refractivity contribution >= 4 is 11.6 Å². The highest BCUT2D eigenvalue weighted by Crippen LogP contribution is 2.10. The zero-order chi connectivity index (χ0) is 12.7. The van der Waals surface area contributed by atoms with Gasteiger partial charge in [-0.3, -0.25) is 4.79 Å². The first-order chi connectivity index (χ1) is 8.11. The van der Waals surface area contributed by atoms with Gasteiger partial charge in [0, 0.05) is 12.1 Å². The third-order valence-electron chi connectivity index (χ3n) is 1.93. The van der Waals surface area contributed by atoms with Crippen molar-refractivity contribution in [2.24, 2.45) is 0 Å². The van der Waals surface area contributed by atoms with Crippen LogP contribution in [0.4, 0.5) is 5.69 Å². The van der Waals surface area contributed by atoms with Crippen LogP contribution in [0.25, 0.3) is 0 Å². The van der Waals surface area contributed by atoms with Crippen LogP contribution in [0, 0.1) is 0 Å². The largest absolute Gasteiger partial charge is 0.478 e. The molecule has 0 fully saturated rings. The maximum atomic E-state index is 11.4. The second-order valence-corrected chi connectivity index (χ2v) is 3.89. The number of anilines is 1. The summed E-state index contributed by atoms with van der Waals surface area (Å²) in [6.07, 6.45) is 1.65. The molecule has 0 unspecified atom stereocenters. The highest BCUT2D eigenvalue weighted by Gasteiger charge is 2.03. The molecule has 17 heavy (non-hydrogen) atoms. The molecule has 5 heteroatoms. The molecule has 0 atom stereocenters. The van der Waals surface area contributed by atoms with Crippen molar-refractivity contribution in [2.45, 2.75) is 26.8 Å². The Morgan fingerprint density at radius 3 is 2.76 bits per heavy atom. The van der Waals surface area contributed by atoms with Gasteiger partial charge in [-0.15, -0.1) is 0 Å². The summed E-state index contributed by atoms with van der Waals surface area (Å²) in [6.45, 7) is 6.60. The van der Waals surface area contributed by atoms with Crippen LogP contribution in [0.5, 0.6) is 5.88 Å². The molecule has 1 aromatic heterocycles. The fraction of sp³-hybridized carbons (Fsp3) is 0.500. The van der Waals surface area contributed by atoms with E-state index in [1.54, 1.807) is 12.3 Å². The Bertz CT molecular complexity index is 349. The normalized spacial score (nSPS) is 10.1. The molecule has 5 nitrogen and oxygen atoms in total. The van der Waals surface area contributed by atoms with Gasteiger partial charge in [-0.25, -0.2) is 4.98 Å². The standard InChI is InChI=1S/C12H19N3O2/c1-4-17-12-6-5-10(7-14-12)13-8-11(16)15-9(2)3/h5-7,9,13H,4,8H2,1-3H3,(H,15,16). The highest BCUT2D eigenvalue weighted by atomic mass is 16.5. The zero-order valence-electron chi connectivity index (χ0n) is 10.5. The molecule has 1 amide bonds. The van der Waals surface area contributed by atoms with Crippen LogP contribution >= 0.6 is 0 Å². The van der Waals surface area contributed by atoms with Crippen LogP contribution in [0.3, 0.4) is 0 Å². The molecule has 0 aromatic carbocycles. The SMILES string of the molecule is CCOc1ccc(NCC(=O)NC(C)C)cn1. The molecule has 0 saturated heterocycles. The second-order valence-electron chi connectivity index (χ2n) is 3.89. The van der Waals surface area contributed by atoms with Crippen LogP contribution in [0.1, 0.15) is 20.8 Å². The first-order valence-corrected chi connectivity index (χ1v) is 5.74. The molecular formula is C12H19N3O2. The van der Waals surface area contributed by atoms with Gasteiger partial charge >= 0.3 is 0 Å². The van der Waals surface area contributed by atoms with E-state index in [4.69, 9.17) is 4.74 Å². The highest BCUT2D eigenvalue weighted by molar-refractivity contribution is 5.80. The number of rotatable bonds is 6. The van der Waals surface area contributed by atoms with Gasteiger partial charge in [0.05, 0.1) is 25.0 Å². The lowest BCUT2D eigenvalue weighted by Crippen LogP contribution is -2.34. The molecule has 1 aromatic rings. The number of pyridine rings is 1. The van der Waals surface area contributed by atoms with Crippen molar-refractivity contribution in [2.75, 3.05) is 18.5 Å². The van der Waals surface area contributed by atoms with Crippen molar-refractivity contribution in [3.63, 3.8) is 0 Å². The lowest BCUT2D eigenvalue weighted by atomic mass is 10.3. The van der Waals surface area contributed by atoms with E-state index >= 15 is 0 Å². The molecule has 0 spiro atoms. The second kappa shape index (κ2) is 6.73. The minimum absolute atomic E-state index is 0.0334. The van der Waals surface area contributed by atoms with E-state index in [1.807, 2.05) is 26.8 Å².